The van der Waals surface area contributed by atoms with Crippen molar-refractivity contribution in [2.45, 2.75) is 39.2 Å². The van der Waals surface area contributed by atoms with Crippen molar-refractivity contribution in [3.05, 3.63) is 16.1 Å². The maximum Gasteiger partial charge on any atom is 0.194 e. The van der Waals surface area contributed by atoms with Gasteiger partial charge < -0.3 is 15.0 Å². The van der Waals surface area contributed by atoms with E-state index >= 15 is 0 Å². The number of aromatic nitrogens is 1. The molecule has 0 amide bonds. The zero-order valence-corrected chi connectivity index (χ0v) is 17.2. The van der Waals surface area contributed by atoms with Crippen LogP contribution in [0.2, 0.25) is 0 Å². The minimum Gasteiger partial charge on any atom is -0.381 e. The molecule has 2 fully saturated rings. The molecule has 130 valence electrons. The molecule has 1 aromatic rings. The van der Waals surface area contributed by atoms with Crippen molar-refractivity contribution < 1.29 is 4.74 Å². The van der Waals surface area contributed by atoms with Gasteiger partial charge in [0.25, 0.3) is 0 Å². The van der Waals surface area contributed by atoms with Crippen LogP contribution in [0.3, 0.4) is 0 Å². The van der Waals surface area contributed by atoms with Crippen LogP contribution in [0.1, 0.15) is 36.1 Å². The number of rotatable bonds is 3. The van der Waals surface area contributed by atoms with Crippen molar-refractivity contribution >= 4 is 41.3 Å². The van der Waals surface area contributed by atoms with E-state index in [-0.39, 0.29) is 24.0 Å². The fourth-order valence-electron chi connectivity index (χ4n) is 3.41. The zero-order chi connectivity index (χ0) is 15.4. The summed E-state index contributed by atoms with van der Waals surface area (Å²) in [5.74, 6) is 1.01. The minimum atomic E-state index is 0. The summed E-state index contributed by atoms with van der Waals surface area (Å²) in [4.78, 5) is 12.7. The predicted octanol–water partition coefficient (Wildman–Crippen LogP) is 2.90. The molecule has 0 saturated carbocycles. The number of nitrogens with zero attached hydrogens (tertiary/aromatic N) is 3. The first kappa shape index (κ1) is 18.9. The predicted molar refractivity (Wildman–Crippen MR) is 106 cm³/mol. The molecular weight excluding hydrogens is 423 g/mol. The number of aryl methyl sites for hydroxylation is 1. The van der Waals surface area contributed by atoms with Crippen molar-refractivity contribution in [1.82, 2.24) is 15.2 Å². The van der Waals surface area contributed by atoms with E-state index in [0.29, 0.717) is 5.41 Å². The lowest BCUT2D eigenvalue weighted by atomic mass is 9.80. The van der Waals surface area contributed by atoms with Crippen LogP contribution in [0.5, 0.6) is 0 Å². The third-order valence-corrected chi connectivity index (χ3v) is 5.99. The third kappa shape index (κ3) is 4.57. The Morgan fingerprint density at radius 2 is 2.22 bits per heavy atom. The van der Waals surface area contributed by atoms with Gasteiger partial charge in [0, 0.05) is 44.4 Å². The molecule has 0 aliphatic carbocycles. The Morgan fingerprint density at radius 3 is 2.87 bits per heavy atom. The Hall–Kier alpha value is -0.410. The van der Waals surface area contributed by atoms with Gasteiger partial charge in [-0.15, -0.1) is 35.3 Å². The SMILES string of the molecule is CCc1cnc(CNC(=NC)N2CCC3(CCOCC3)C2)s1.I. The number of nitrogens with one attached hydrogen (secondary N) is 1. The second-order valence-electron chi connectivity index (χ2n) is 6.26. The van der Waals surface area contributed by atoms with Gasteiger partial charge >= 0.3 is 0 Å². The molecule has 1 aromatic heterocycles. The number of hydrogen-bond acceptors (Lipinski definition) is 4. The number of likely N-dealkylation sites (tertiary alicyclic amines) is 1. The van der Waals surface area contributed by atoms with Crippen molar-refractivity contribution in [2.75, 3.05) is 33.4 Å². The summed E-state index contributed by atoms with van der Waals surface area (Å²) < 4.78 is 5.53. The quantitative estimate of drug-likeness (QED) is 0.437. The van der Waals surface area contributed by atoms with Crippen LogP contribution in [0.15, 0.2) is 11.2 Å². The summed E-state index contributed by atoms with van der Waals surface area (Å²) >= 11 is 1.79. The van der Waals surface area contributed by atoms with Gasteiger partial charge in [-0.25, -0.2) is 4.98 Å². The molecule has 7 heteroatoms. The van der Waals surface area contributed by atoms with E-state index in [1.54, 1.807) is 11.3 Å². The zero-order valence-electron chi connectivity index (χ0n) is 14.0. The average Bonchev–Trinajstić information content (AvgIpc) is 3.17. The van der Waals surface area contributed by atoms with Crippen molar-refractivity contribution in [2.24, 2.45) is 10.4 Å². The van der Waals surface area contributed by atoms with Crippen LogP contribution in [0, 0.1) is 5.41 Å². The van der Waals surface area contributed by atoms with E-state index in [0.717, 1.165) is 50.2 Å². The Morgan fingerprint density at radius 1 is 1.43 bits per heavy atom. The maximum absolute atomic E-state index is 5.53. The highest BCUT2D eigenvalue weighted by Crippen LogP contribution is 2.39. The van der Waals surface area contributed by atoms with Crippen LogP contribution in [-0.2, 0) is 17.7 Å². The lowest BCUT2D eigenvalue weighted by Crippen LogP contribution is -2.41. The standard InChI is InChI=1S/C16H26N4OS.HI/c1-3-13-10-18-14(22-13)11-19-15(17-2)20-7-4-16(12-20)5-8-21-9-6-16;/h10H,3-9,11-12H2,1-2H3,(H,17,19);1H. The van der Waals surface area contributed by atoms with Crippen LogP contribution >= 0.6 is 35.3 Å². The van der Waals surface area contributed by atoms with E-state index < -0.39 is 0 Å². The lowest BCUT2D eigenvalue weighted by molar-refractivity contribution is 0.0217. The van der Waals surface area contributed by atoms with Gasteiger partial charge in [-0.1, -0.05) is 6.92 Å². The van der Waals surface area contributed by atoms with E-state index in [9.17, 15) is 0 Å². The normalized spacial score (nSPS) is 20.6. The molecule has 3 rings (SSSR count). The molecule has 2 aliphatic heterocycles. The molecule has 3 heterocycles. The molecule has 0 unspecified atom stereocenters. The number of guanidine groups is 1. The van der Waals surface area contributed by atoms with Gasteiger partial charge in [0.1, 0.15) is 5.01 Å². The summed E-state index contributed by atoms with van der Waals surface area (Å²) in [6.45, 7) is 6.97. The fraction of sp³-hybridized carbons (Fsp3) is 0.750. The van der Waals surface area contributed by atoms with E-state index in [4.69, 9.17) is 4.74 Å². The van der Waals surface area contributed by atoms with Gasteiger partial charge in [-0.2, -0.15) is 0 Å². The molecule has 5 nitrogen and oxygen atoms in total. The highest BCUT2D eigenvalue weighted by Gasteiger charge is 2.40. The second-order valence-corrected chi connectivity index (χ2v) is 7.46. The van der Waals surface area contributed by atoms with Crippen LogP contribution in [0.4, 0.5) is 0 Å². The number of hydrogen-bond donors (Lipinski definition) is 1. The largest absolute Gasteiger partial charge is 0.381 e. The van der Waals surface area contributed by atoms with Crippen LogP contribution in [0.25, 0.3) is 0 Å². The van der Waals surface area contributed by atoms with Gasteiger partial charge in [-0.05, 0) is 31.1 Å². The molecule has 2 aliphatic rings. The van der Waals surface area contributed by atoms with Gasteiger partial charge in [0.05, 0.1) is 6.54 Å². The molecule has 0 radical (unpaired) electrons. The third-order valence-electron chi connectivity index (χ3n) is 4.85. The summed E-state index contributed by atoms with van der Waals surface area (Å²) in [7, 11) is 1.87. The lowest BCUT2D eigenvalue weighted by Gasteiger charge is -2.33. The minimum absolute atomic E-state index is 0. The van der Waals surface area contributed by atoms with Crippen molar-refractivity contribution in [1.29, 1.82) is 0 Å². The number of halogens is 1. The smallest absolute Gasteiger partial charge is 0.194 e. The van der Waals surface area contributed by atoms with Crippen molar-refractivity contribution in [3.8, 4) is 0 Å². The van der Waals surface area contributed by atoms with Crippen LogP contribution in [-0.4, -0.2) is 49.2 Å². The molecule has 0 atom stereocenters. The monoisotopic (exact) mass is 450 g/mol. The molecule has 1 spiro atoms. The molecule has 2 saturated heterocycles. The fourth-order valence-corrected chi connectivity index (χ4v) is 4.21. The molecule has 1 N–H and O–H groups in total. The summed E-state index contributed by atoms with van der Waals surface area (Å²) in [5.41, 5.74) is 0.451. The first-order chi connectivity index (χ1) is 10.7. The van der Waals surface area contributed by atoms with Gasteiger partial charge in [0.15, 0.2) is 5.96 Å². The Labute approximate surface area is 159 Å². The topological polar surface area (TPSA) is 49.8 Å². The molecule has 0 aromatic carbocycles. The summed E-state index contributed by atoms with van der Waals surface area (Å²) in [6, 6.07) is 0. The Kier molecular flexibility index (Phi) is 7.09. The maximum atomic E-state index is 5.53. The van der Waals surface area contributed by atoms with E-state index in [1.807, 2.05) is 13.2 Å². The van der Waals surface area contributed by atoms with Gasteiger partial charge in [-0.3, -0.25) is 4.99 Å². The van der Waals surface area contributed by atoms with E-state index in [2.05, 4.69) is 27.1 Å². The van der Waals surface area contributed by atoms with Crippen molar-refractivity contribution in [3.63, 3.8) is 0 Å². The van der Waals surface area contributed by atoms with E-state index in [1.165, 1.54) is 24.1 Å². The molecule has 23 heavy (non-hydrogen) atoms. The first-order valence-corrected chi connectivity index (χ1v) is 9.03. The first-order valence-electron chi connectivity index (χ1n) is 8.21. The Balaban J connectivity index is 0.00000192. The van der Waals surface area contributed by atoms with Gasteiger partial charge in [0.2, 0.25) is 0 Å². The number of aliphatic imine (C=N–C) groups is 1. The number of ether oxygens (including phenoxy) is 1. The number of thiazole rings is 1. The average molecular weight is 450 g/mol. The Bertz CT molecular complexity index is 528. The second kappa shape index (κ2) is 8.62. The summed E-state index contributed by atoms with van der Waals surface area (Å²) in [6.07, 6.45) is 6.67. The highest BCUT2D eigenvalue weighted by molar-refractivity contribution is 14.0. The highest BCUT2D eigenvalue weighted by atomic mass is 127. The summed E-state index contributed by atoms with van der Waals surface area (Å²) in [5, 5.41) is 4.62. The molecule has 0 bridgehead atoms. The van der Waals surface area contributed by atoms with Crippen LogP contribution < -0.4 is 5.32 Å². The molecular formula is C16H27IN4OS.